The Morgan fingerprint density at radius 2 is 1.79 bits per heavy atom. The van der Waals surface area contributed by atoms with Gasteiger partial charge in [-0.2, -0.15) is 0 Å². The SMILES string of the molecule is COc1cccc(CCC(=O)NCC(O)c2ccc(OC(F)(F)F)cc2)c1OC. The number of hydrogen-bond acceptors (Lipinski definition) is 5. The number of benzene rings is 2. The number of nitrogens with one attached hydrogen (secondary N) is 1. The number of halogens is 3. The number of amides is 1. The zero-order valence-corrected chi connectivity index (χ0v) is 16.0. The van der Waals surface area contributed by atoms with Crippen LogP contribution in [0, 0.1) is 0 Å². The largest absolute Gasteiger partial charge is 0.573 e. The molecule has 29 heavy (non-hydrogen) atoms. The number of aliphatic hydroxyl groups excluding tert-OH is 1. The van der Waals surface area contributed by atoms with Gasteiger partial charge in [-0.3, -0.25) is 4.79 Å². The highest BCUT2D eigenvalue weighted by Crippen LogP contribution is 2.31. The number of carbonyl (C=O) groups is 1. The highest BCUT2D eigenvalue weighted by Gasteiger charge is 2.31. The minimum absolute atomic E-state index is 0.0758. The van der Waals surface area contributed by atoms with Crippen molar-refractivity contribution in [1.29, 1.82) is 0 Å². The molecule has 2 rings (SSSR count). The summed E-state index contributed by atoms with van der Waals surface area (Å²) >= 11 is 0. The summed E-state index contributed by atoms with van der Waals surface area (Å²) in [4.78, 5) is 12.1. The minimum Gasteiger partial charge on any atom is -0.493 e. The van der Waals surface area contributed by atoms with E-state index in [1.54, 1.807) is 12.1 Å². The predicted molar refractivity (Wildman–Crippen MR) is 99.0 cm³/mol. The molecule has 1 amide bonds. The second kappa shape index (κ2) is 10.0. The Labute approximate surface area is 166 Å². The molecule has 0 saturated heterocycles. The zero-order chi connectivity index (χ0) is 21.4. The monoisotopic (exact) mass is 413 g/mol. The number of rotatable bonds is 9. The molecule has 0 saturated carbocycles. The first kappa shape index (κ1) is 22.4. The van der Waals surface area contributed by atoms with E-state index in [1.165, 1.54) is 26.4 Å². The van der Waals surface area contributed by atoms with E-state index in [2.05, 4.69) is 10.1 Å². The summed E-state index contributed by atoms with van der Waals surface area (Å²) in [5.41, 5.74) is 1.16. The molecule has 0 fully saturated rings. The van der Waals surface area contributed by atoms with E-state index >= 15 is 0 Å². The van der Waals surface area contributed by atoms with Gasteiger partial charge < -0.3 is 24.6 Å². The van der Waals surface area contributed by atoms with Crippen LogP contribution >= 0.6 is 0 Å². The van der Waals surface area contributed by atoms with Gasteiger partial charge in [-0.1, -0.05) is 24.3 Å². The van der Waals surface area contributed by atoms with Crippen molar-refractivity contribution < 1.29 is 37.3 Å². The molecule has 0 aromatic heterocycles. The van der Waals surface area contributed by atoms with Crippen molar-refractivity contribution in [3.63, 3.8) is 0 Å². The third-order valence-corrected chi connectivity index (χ3v) is 4.10. The Balaban J connectivity index is 1.85. The van der Waals surface area contributed by atoms with Crippen molar-refractivity contribution >= 4 is 5.91 Å². The Morgan fingerprint density at radius 1 is 1.10 bits per heavy atom. The van der Waals surface area contributed by atoms with Crippen LogP contribution < -0.4 is 19.5 Å². The lowest BCUT2D eigenvalue weighted by Gasteiger charge is -2.15. The molecule has 9 heteroatoms. The molecule has 0 spiro atoms. The quantitative estimate of drug-likeness (QED) is 0.659. The molecule has 2 aromatic rings. The lowest BCUT2D eigenvalue weighted by Crippen LogP contribution is -2.28. The van der Waals surface area contributed by atoms with Crippen molar-refractivity contribution in [3.8, 4) is 17.2 Å². The fourth-order valence-electron chi connectivity index (χ4n) is 2.71. The molecule has 1 unspecified atom stereocenters. The van der Waals surface area contributed by atoms with Crippen LogP contribution in [0.5, 0.6) is 17.2 Å². The number of carbonyl (C=O) groups excluding carboxylic acids is 1. The number of aryl methyl sites for hydroxylation is 1. The van der Waals surface area contributed by atoms with E-state index in [0.29, 0.717) is 23.5 Å². The number of ether oxygens (including phenoxy) is 3. The zero-order valence-electron chi connectivity index (χ0n) is 16.0. The van der Waals surface area contributed by atoms with Gasteiger partial charge in [-0.15, -0.1) is 13.2 Å². The standard InChI is InChI=1S/C20H22F3NO5/c1-27-17-5-3-4-14(19(17)28-2)8-11-18(26)24-12-16(25)13-6-9-15(10-7-13)29-20(21,22)23/h3-7,9-10,16,25H,8,11-12H2,1-2H3,(H,24,26). The van der Waals surface area contributed by atoms with Crippen LogP contribution in [-0.2, 0) is 11.2 Å². The van der Waals surface area contributed by atoms with Crippen molar-refractivity contribution in [3.05, 3.63) is 53.6 Å². The summed E-state index contributed by atoms with van der Waals surface area (Å²) in [5.74, 6) is 0.457. The molecule has 2 N–H and O–H groups in total. The molecule has 0 bridgehead atoms. The van der Waals surface area contributed by atoms with Gasteiger partial charge in [0.25, 0.3) is 0 Å². The average molecular weight is 413 g/mol. The van der Waals surface area contributed by atoms with Crippen molar-refractivity contribution in [1.82, 2.24) is 5.32 Å². The first-order valence-electron chi connectivity index (χ1n) is 8.74. The van der Waals surface area contributed by atoms with Gasteiger partial charge in [-0.05, 0) is 35.7 Å². The molecule has 0 radical (unpaired) electrons. The van der Waals surface area contributed by atoms with Gasteiger partial charge >= 0.3 is 6.36 Å². The molecule has 0 aliphatic carbocycles. The second-order valence-electron chi connectivity index (χ2n) is 6.09. The summed E-state index contributed by atoms with van der Waals surface area (Å²) < 4.78 is 50.8. The molecule has 0 heterocycles. The summed E-state index contributed by atoms with van der Waals surface area (Å²) in [7, 11) is 3.04. The van der Waals surface area contributed by atoms with Crippen molar-refractivity contribution in [2.75, 3.05) is 20.8 Å². The maximum atomic E-state index is 12.2. The molecular weight excluding hydrogens is 391 g/mol. The second-order valence-corrected chi connectivity index (χ2v) is 6.09. The Morgan fingerprint density at radius 3 is 2.38 bits per heavy atom. The Bertz CT molecular complexity index is 809. The third-order valence-electron chi connectivity index (χ3n) is 4.10. The van der Waals surface area contributed by atoms with Gasteiger partial charge in [-0.25, -0.2) is 0 Å². The fraction of sp³-hybridized carbons (Fsp3) is 0.350. The highest BCUT2D eigenvalue weighted by molar-refractivity contribution is 5.76. The first-order valence-corrected chi connectivity index (χ1v) is 8.74. The van der Waals surface area contributed by atoms with E-state index < -0.39 is 12.5 Å². The van der Waals surface area contributed by atoms with Crippen LogP contribution in [0.1, 0.15) is 23.7 Å². The average Bonchev–Trinajstić information content (AvgIpc) is 2.69. The van der Waals surface area contributed by atoms with E-state index in [9.17, 15) is 23.1 Å². The predicted octanol–water partition coefficient (Wildman–Crippen LogP) is 3.38. The summed E-state index contributed by atoms with van der Waals surface area (Å²) in [6.45, 7) is -0.0758. The maximum Gasteiger partial charge on any atom is 0.573 e. The topological polar surface area (TPSA) is 77.0 Å². The maximum absolute atomic E-state index is 12.2. The molecule has 6 nitrogen and oxygen atoms in total. The third kappa shape index (κ3) is 6.86. The lowest BCUT2D eigenvalue weighted by molar-refractivity contribution is -0.274. The molecule has 2 aromatic carbocycles. The van der Waals surface area contributed by atoms with Crippen LogP contribution in [-0.4, -0.2) is 38.1 Å². The normalized spacial score (nSPS) is 12.2. The number of aliphatic hydroxyl groups is 1. The van der Waals surface area contributed by atoms with Gasteiger partial charge in [0.05, 0.1) is 20.3 Å². The van der Waals surface area contributed by atoms with E-state index in [0.717, 1.165) is 17.7 Å². The summed E-state index contributed by atoms with van der Waals surface area (Å²) in [6.07, 6.45) is -5.27. The fourth-order valence-corrected chi connectivity index (χ4v) is 2.71. The number of para-hydroxylation sites is 1. The van der Waals surface area contributed by atoms with Crippen molar-refractivity contribution in [2.24, 2.45) is 0 Å². The molecule has 1 atom stereocenters. The Hall–Kier alpha value is -2.94. The van der Waals surface area contributed by atoms with Crippen LogP contribution in [0.2, 0.25) is 0 Å². The molecule has 158 valence electrons. The van der Waals surface area contributed by atoms with Gasteiger partial charge in [0.1, 0.15) is 5.75 Å². The molecule has 0 aliphatic heterocycles. The number of alkyl halides is 3. The smallest absolute Gasteiger partial charge is 0.493 e. The summed E-state index contributed by atoms with van der Waals surface area (Å²) in [5, 5.41) is 12.7. The Kier molecular flexibility index (Phi) is 7.72. The molecular formula is C20H22F3NO5. The highest BCUT2D eigenvalue weighted by atomic mass is 19.4. The van der Waals surface area contributed by atoms with E-state index in [1.807, 2.05) is 6.07 Å². The van der Waals surface area contributed by atoms with Gasteiger partial charge in [0.2, 0.25) is 5.91 Å². The first-order chi connectivity index (χ1) is 13.7. The summed E-state index contributed by atoms with van der Waals surface area (Å²) in [6, 6.07) is 10.2. The van der Waals surface area contributed by atoms with Crippen LogP contribution in [0.15, 0.2) is 42.5 Å². The van der Waals surface area contributed by atoms with Crippen LogP contribution in [0.25, 0.3) is 0 Å². The van der Waals surface area contributed by atoms with Gasteiger partial charge in [0, 0.05) is 13.0 Å². The number of hydrogen-bond donors (Lipinski definition) is 2. The van der Waals surface area contributed by atoms with E-state index in [-0.39, 0.29) is 24.6 Å². The van der Waals surface area contributed by atoms with Crippen LogP contribution in [0.4, 0.5) is 13.2 Å². The van der Waals surface area contributed by atoms with Crippen LogP contribution in [0.3, 0.4) is 0 Å². The minimum atomic E-state index is -4.78. The molecule has 0 aliphatic rings. The van der Waals surface area contributed by atoms with Crippen molar-refractivity contribution in [2.45, 2.75) is 25.3 Å². The lowest BCUT2D eigenvalue weighted by atomic mass is 10.1. The van der Waals surface area contributed by atoms with Gasteiger partial charge in [0.15, 0.2) is 11.5 Å². The number of methoxy groups -OCH3 is 2. The van der Waals surface area contributed by atoms with E-state index in [4.69, 9.17) is 9.47 Å².